The van der Waals surface area contributed by atoms with Gasteiger partial charge in [-0.3, -0.25) is 0 Å². The van der Waals surface area contributed by atoms with Crippen molar-refractivity contribution in [3.05, 3.63) is 0 Å². The summed E-state index contributed by atoms with van der Waals surface area (Å²) in [5.74, 6) is -1.71. The summed E-state index contributed by atoms with van der Waals surface area (Å²) in [5, 5.41) is 0. The van der Waals surface area contributed by atoms with Crippen LogP contribution in [0, 0.1) is 5.89 Å². The third-order valence-corrected chi connectivity index (χ3v) is 0.306. The molecule has 6 heavy (non-hydrogen) atoms. The van der Waals surface area contributed by atoms with Crippen molar-refractivity contribution in [2.45, 2.75) is 20.2 Å². The second-order valence-corrected chi connectivity index (χ2v) is 1.24. The van der Waals surface area contributed by atoms with Crippen LogP contribution in [-0.2, 0) is 0 Å². The van der Waals surface area contributed by atoms with Crippen molar-refractivity contribution in [2.24, 2.45) is 11.6 Å². The fourth-order valence-electron chi connectivity index (χ4n) is 0.112. The molecule has 0 radical (unpaired) electrons. The molecule has 1 heteroatoms. The van der Waals surface area contributed by atoms with Gasteiger partial charge in [0.15, 0.2) is 0 Å². The predicted molar refractivity (Wildman–Crippen MR) is 28.5 cm³/mol. The summed E-state index contributed by atoms with van der Waals surface area (Å²) >= 11 is 0. The summed E-state index contributed by atoms with van der Waals surface area (Å²) in [4.78, 5) is 0. The van der Waals surface area contributed by atoms with Crippen LogP contribution in [-0.4, -0.2) is 6.50 Å². The maximum Gasteiger partial charge on any atom is 0.118 e. The van der Waals surface area contributed by atoms with Crippen molar-refractivity contribution in [2.75, 3.05) is 6.50 Å². The second kappa shape index (κ2) is 3.16. The zero-order valence-electron chi connectivity index (χ0n) is 10.9. The highest BCUT2D eigenvalue weighted by molar-refractivity contribution is 4.42. The molecular weight excluding hydrogens is 74.1 g/mol. The summed E-state index contributed by atoms with van der Waals surface area (Å²) < 4.78 is 49.8. The second-order valence-electron chi connectivity index (χ2n) is 1.24. The van der Waals surface area contributed by atoms with Gasteiger partial charge in [0.25, 0.3) is 0 Å². The van der Waals surface area contributed by atoms with Crippen LogP contribution in [0.2, 0.25) is 2.82 Å². The maximum atomic E-state index is 7.38. The molecule has 0 atom stereocenters. The molecule has 0 aromatic heterocycles. The average Bonchev–Trinajstić information content (AvgIpc) is 1.84. The van der Waals surface area contributed by atoms with E-state index in [1.165, 1.54) is 13.8 Å². The number of hydrogen-bond donors (Lipinski definition) is 1. The molecule has 0 saturated carbocycles. The van der Waals surface area contributed by atoms with E-state index >= 15 is 0 Å². The first-order chi connectivity index (χ1) is 5.44. The summed E-state index contributed by atoms with van der Waals surface area (Å²) in [7, 11) is 0. The summed E-state index contributed by atoms with van der Waals surface area (Å²) in [6.07, 6.45) is -2.59. The number of nitrogens with two attached hydrogens (primary N) is 1. The molecule has 0 spiro atoms. The lowest BCUT2D eigenvalue weighted by atomic mass is 10.1. The van der Waals surface area contributed by atoms with Gasteiger partial charge in [-0.15, -0.1) is 0 Å². The molecule has 0 aliphatic heterocycles. The van der Waals surface area contributed by atoms with E-state index in [0.29, 0.717) is 0 Å². The highest BCUT2D eigenvalue weighted by atomic mass is 14.5. The van der Waals surface area contributed by atoms with E-state index < -0.39 is 18.8 Å². The van der Waals surface area contributed by atoms with Crippen LogP contribution in [0.25, 0.3) is 0 Å². The number of hydrogen-bond acceptors (Lipinski definition) is 1. The van der Waals surface area contributed by atoms with Crippen LogP contribution in [0.4, 0.5) is 0 Å². The van der Waals surface area contributed by atoms with E-state index in [1.54, 1.807) is 0 Å². The molecule has 0 saturated heterocycles. The molecule has 0 aliphatic carbocycles. The zero-order valence-corrected chi connectivity index (χ0v) is 3.95. The van der Waals surface area contributed by atoms with Crippen LogP contribution < -0.4 is 5.72 Å². The molecule has 0 aromatic carbocycles. The van der Waals surface area contributed by atoms with Gasteiger partial charge in [-0.05, 0) is 18.8 Å². The molecule has 1 nitrogen and oxygen atoms in total. The highest BCUT2D eigenvalue weighted by Gasteiger charge is 1.85. The quantitative estimate of drug-likeness (QED) is 0.554. The minimum atomic E-state index is -2.81. The predicted octanol–water partition coefficient (Wildman–Crippen LogP) is 0.991. The Hall–Kier alpha value is -0.0400. The largest absolute Gasteiger partial charge is 0.330 e. The van der Waals surface area contributed by atoms with Crippen molar-refractivity contribution in [1.29, 1.82) is 0 Å². The van der Waals surface area contributed by atoms with E-state index in [1.807, 2.05) is 0 Å². The fraction of sp³-hybridized carbons (Fsp3) is 1.00. The zero-order chi connectivity index (χ0) is 11.1. The molecule has 2 N–H and O–H groups in total. The van der Waals surface area contributed by atoms with Crippen LogP contribution in [0.3, 0.4) is 0 Å². The lowest BCUT2D eigenvalue weighted by Gasteiger charge is -1.96. The highest BCUT2D eigenvalue weighted by Crippen LogP contribution is 1.93. The monoisotopic (exact) mass is 94.1 g/mol. The Kier molecular flexibility index (Phi) is 0.540. The fourth-order valence-corrected chi connectivity index (χ4v) is 0.112. The molecular formula is C5H13N. The van der Waals surface area contributed by atoms with Gasteiger partial charge in [-0.2, -0.15) is 0 Å². The summed E-state index contributed by atoms with van der Waals surface area (Å²) in [5.41, 5.74) is -0.344. The van der Waals surface area contributed by atoms with E-state index in [-0.39, 0.29) is 5.72 Å². The molecule has 0 aliphatic rings. The first kappa shape index (κ1) is 1.03. The van der Waals surface area contributed by atoms with E-state index in [0.717, 1.165) is 0 Å². The first-order valence-electron chi connectivity index (χ1n) is 5.12. The molecule has 38 valence electrons. The Bertz CT molecular complexity index is 182. The van der Waals surface area contributed by atoms with Gasteiger partial charge >= 0.3 is 0 Å². The normalized spacial score (nSPS) is 34.2. The Morgan fingerprint density at radius 1 is 2.17 bits per heavy atom. The third kappa shape index (κ3) is 3.96. The van der Waals surface area contributed by atoms with Crippen LogP contribution in [0.5, 0.6) is 0 Å². The minimum absolute atomic E-state index is 0.344. The lowest BCUT2D eigenvalue weighted by molar-refractivity contribution is 0.596. The van der Waals surface area contributed by atoms with Gasteiger partial charge in [0.1, 0.15) is 2.82 Å². The van der Waals surface area contributed by atoms with E-state index in [2.05, 4.69) is 0 Å². The van der Waals surface area contributed by atoms with Crippen molar-refractivity contribution < 1.29 is 9.68 Å². The molecule has 0 rings (SSSR count). The Labute approximate surface area is 49.5 Å². The SMILES string of the molecule is [2H]N([2H])C([2H])([2H])C([2H])([2H])C([2H])(C)C. The van der Waals surface area contributed by atoms with Crippen LogP contribution in [0.1, 0.15) is 27.1 Å². The Morgan fingerprint density at radius 3 is 3.00 bits per heavy atom. The molecule has 0 heterocycles. The van der Waals surface area contributed by atoms with Crippen molar-refractivity contribution in [3.8, 4) is 0 Å². The standard InChI is InChI=1S/C5H13N/c1-5(2)3-4-6/h5H,3-4,6H2,1-2H3/i3D2,4D2,5D/hD2. The average molecular weight is 94.2 g/mol. The van der Waals surface area contributed by atoms with Gasteiger partial charge in [-0.25, -0.2) is 0 Å². The Balaban J connectivity index is 5.04. The molecule has 0 aromatic rings. The Morgan fingerprint density at radius 2 is 2.83 bits per heavy atom. The smallest absolute Gasteiger partial charge is 0.118 e. The van der Waals surface area contributed by atoms with Gasteiger partial charge in [0.2, 0.25) is 0 Å². The van der Waals surface area contributed by atoms with Crippen LogP contribution in [0.15, 0.2) is 0 Å². The molecule has 0 unspecified atom stereocenters. The third-order valence-electron chi connectivity index (χ3n) is 0.306. The van der Waals surface area contributed by atoms with Gasteiger partial charge < -0.3 is 5.72 Å². The topological polar surface area (TPSA) is 26.0 Å². The first-order valence-corrected chi connectivity index (χ1v) is 1.72. The molecule has 0 bridgehead atoms. The lowest BCUT2D eigenvalue weighted by Crippen LogP contribution is -2.01. The van der Waals surface area contributed by atoms with E-state index in [9.17, 15) is 0 Å². The molecule has 0 amide bonds. The maximum absolute atomic E-state index is 7.38. The number of rotatable bonds is 3. The van der Waals surface area contributed by atoms with Crippen molar-refractivity contribution in [1.82, 2.24) is 0 Å². The van der Waals surface area contributed by atoms with Gasteiger partial charge in [0, 0.05) is 6.85 Å². The van der Waals surface area contributed by atoms with Gasteiger partial charge in [0.05, 0.1) is 0 Å². The van der Waals surface area contributed by atoms with Crippen LogP contribution >= 0.6 is 0 Å². The summed E-state index contributed by atoms with van der Waals surface area (Å²) in [6.45, 7) is -0.402. The van der Waals surface area contributed by atoms with Gasteiger partial charge in [-0.1, -0.05) is 13.8 Å². The molecule has 0 fully saturated rings. The minimum Gasteiger partial charge on any atom is -0.330 e. The van der Waals surface area contributed by atoms with E-state index in [4.69, 9.17) is 9.68 Å². The summed E-state index contributed by atoms with van der Waals surface area (Å²) in [6, 6.07) is 0. The van der Waals surface area contributed by atoms with Crippen molar-refractivity contribution in [3.63, 3.8) is 0 Å². The van der Waals surface area contributed by atoms with Crippen molar-refractivity contribution >= 4 is 0 Å².